The third-order valence-electron chi connectivity index (χ3n) is 5.57. The number of methoxy groups -OCH3 is 2. The van der Waals surface area contributed by atoms with Gasteiger partial charge in [0.2, 0.25) is 11.9 Å². The number of imidazole rings is 1. The van der Waals surface area contributed by atoms with Crippen LogP contribution < -0.4 is 19.7 Å². The number of nitrogens with one attached hydrogen (secondary N) is 1. The highest BCUT2D eigenvalue weighted by Crippen LogP contribution is 2.28. The van der Waals surface area contributed by atoms with Gasteiger partial charge in [0.15, 0.2) is 11.5 Å². The number of nitrogens with zero attached hydrogens (tertiary/aromatic N) is 5. The first-order valence-electron chi connectivity index (χ1n) is 10.7. The highest BCUT2D eigenvalue weighted by atomic mass is 16.5. The number of rotatable bonds is 8. The van der Waals surface area contributed by atoms with E-state index in [9.17, 15) is 4.79 Å². The normalized spacial score (nSPS) is 15.6. The monoisotopic (exact) mass is 436 g/mol. The molecule has 0 bridgehead atoms. The molecule has 1 atom stereocenters. The van der Waals surface area contributed by atoms with Crippen LogP contribution in [-0.2, 0) is 11.2 Å². The first kappa shape index (κ1) is 21.6. The summed E-state index contributed by atoms with van der Waals surface area (Å²) in [6, 6.07) is 7.48. The molecule has 1 aliphatic heterocycles. The average Bonchev–Trinajstić information content (AvgIpc) is 3.51. The summed E-state index contributed by atoms with van der Waals surface area (Å²) in [7, 11) is 3.23. The molecular weight excluding hydrogens is 408 g/mol. The Kier molecular flexibility index (Phi) is 6.53. The van der Waals surface area contributed by atoms with E-state index in [1.54, 1.807) is 37.5 Å². The lowest BCUT2D eigenvalue weighted by Crippen LogP contribution is -2.44. The summed E-state index contributed by atoms with van der Waals surface area (Å²) in [5.74, 6) is 2.71. The van der Waals surface area contributed by atoms with Gasteiger partial charge < -0.3 is 19.7 Å². The maximum absolute atomic E-state index is 13.0. The zero-order valence-electron chi connectivity index (χ0n) is 18.6. The molecular formula is C23H28N6O3. The number of anilines is 1. The molecule has 1 unspecified atom stereocenters. The first-order valence-corrected chi connectivity index (χ1v) is 10.7. The fourth-order valence-corrected chi connectivity index (χ4v) is 3.97. The molecule has 2 aromatic heterocycles. The molecule has 1 fully saturated rings. The van der Waals surface area contributed by atoms with E-state index in [0.29, 0.717) is 30.4 Å². The molecule has 1 aromatic carbocycles. The van der Waals surface area contributed by atoms with Crippen molar-refractivity contribution in [2.24, 2.45) is 0 Å². The quantitative estimate of drug-likeness (QED) is 0.579. The molecule has 0 radical (unpaired) electrons. The zero-order valence-corrected chi connectivity index (χ0v) is 18.6. The molecule has 32 heavy (non-hydrogen) atoms. The minimum atomic E-state index is -0.245. The molecule has 1 N–H and O–H groups in total. The molecule has 0 saturated carbocycles. The predicted molar refractivity (Wildman–Crippen MR) is 121 cm³/mol. The van der Waals surface area contributed by atoms with Gasteiger partial charge in [-0.25, -0.2) is 9.97 Å². The number of ether oxygens (including phenoxy) is 2. The molecule has 0 aliphatic carbocycles. The highest BCUT2D eigenvalue weighted by molar-refractivity contribution is 5.85. The number of hydrogen-bond acceptors (Lipinski definition) is 7. The van der Waals surface area contributed by atoms with Crippen LogP contribution in [0.25, 0.3) is 5.95 Å². The van der Waals surface area contributed by atoms with Crippen LogP contribution >= 0.6 is 0 Å². The SMILES string of the molecule is COc1ccc(CCNC(=O)C2CCCN2c2cc(C)nc(-n3ccnc3)n2)cc1OC. The standard InChI is InChI=1S/C23H28N6O3/c1-16-13-21(27-23(26-16)28-12-10-24-15-28)29-11-4-5-18(29)22(30)25-9-8-17-6-7-19(31-2)20(14-17)32-3/h6-7,10,12-15,18H,4-5,8-9,11H2,1-3H3,(H,25,30). The molecule has 3 heterocycles. The minimum Gasteiger partial charge on any atom is -0.493 e. The van der Waals surface area contributed by atoms with Crippen LogP contribution in [0.2, 0.25) is 0 Å². The van der Waals surface area contributed by atoms with E-state index in [1.165, 1.54) is 0 Å². The summed E-state index contributed by atoms with van der Waals surface area (Å²) in [5, 5.41) is 3.08. The topological polar surface area (TPSA) is 94.4 Å². The van der Waals surface area contributed by atoms with Crippen molar-refractivity contribution in [1.82, 2.24) is 24.8 Å². The molecule has 0 spiro atoms. The number of aryl methyl sites for hydroxylation is 1. The van der Waals surface area contributed by atoms with Crippen molar-refractivity contribution < 1.29 is 14.3 Å². The Morgan fingerprint density at radius 3 is 2.78 bits per heavy atom. The molecule has 9 heteroatoms. The fourth-order valence-electron chi connectivity index (χ4n) is 3.97. The third-order valence-corrected chi connectivity index (χ3v) is 5.57. The lowest BCUT2D eigenvalue weighted by molar-refractivity contribution is -0.122. The van der Waals surface area contributed by atoms with Crippen molar-refractivity contribution in [3.63, 3.8) is 0 Å². The van der Waals surface area contributed by atoms with E-state index in [1.807, 2.05) is 31.2 Å². The van der Waals surface area contributed by atoms with Gasteiger partial charge in [-0.3, -0.25) is 9.36 Å². The molecule has 1 aliphatic rings. The summed E-state index contributed by atoms with van der Waals surface area (Å²) in [6.45, 7) is 3.26. The number of aromatic nitrogens is 4. The molecule has 1 saturated heterocycles. The first-order chi connectivity index (χ1) is 15.6. The fraction of sp³-hybridized carbons (Fsp3) is 0.391. The summed E-state index contributed by atoms with van der Waals surface area (Å²) in [6.07, 6.45) is 7.61. The number of carbonyl (C=O) groups is 1. The molecule has 1 amide bonds. The predicted octanol–water partition coefficient (Wildman–Crippen LogP) is 2.32. The third kappa shape index (κ3) is 4.66. The Labute approximate surface area is 187 Å². The second-order valence-corrected chi connectivity index (χ2v) is 7.72. The van der Waals surface area contributed by atoms with Gasteiger partial charge in [-0.1, -0.05) is 6.07 Å². The van der Waals surface area contributed by atoms with Gasteiger partial charge in [0.05, 0.1) is 14.2 Å². The number of carbonyl (C=O) groups excluding carboxylic acids is 1. The number of benzene rings is 1. The molecule has 9 nitrogen and oxygen atoms in total. The lowest BCUT2D eigenvalue weighted by Gasteiger charge is -2.25. The Hall–Kier alpha value is -3.62. The van der Waals surface area contributed by atoms with Crippen LogP contribution in [0.1, 0.15) is 24.1 Å². The van der Waals surface area contributed by atoms with E-state index >= 15 is 0 Å². The van der Waals surface area contributed by atoms with Crippen LogP contribution in [0.3, 0.4) is 0 Å². The van der Waals surface area contributed by atoms with Gasteiger partial charge in [0, 0.05) is 37.2 Å². The highest BCUT2D eigenvalue weighted by Gasteiger charge is 2.32. The van der Waals surface area contributed by atoms with E-state index in [0.717, 1.165) is 36.5 Å². The van der Waals surface area contributed by atoms with E-state index in [-0.39, 0.29) is 11.9 Å². The molecule has 3 aromatic rings. The summed E-state index contributed by atoms with van der Waals surface area (Å²) < 4.78 is 12.4. The smallest absolute Gasteiger partial charge is 0.242 e. The van der Waals surface area contributed by atoms with Crippen LogP contribution in [0.4, 0.5) is 5.82 Å². The van der Waals surface area contributed by atoms with Crippen LogP contribution in [0, 0.1) is 6.92 Å². The van der Waals surface area contributed by atoms with E-state index in [2.05, 4.69) is 25.2 Å². The Balaban J connectivity index is 1.41. The van der Waals surface area contributed by atoms with Gasteiger partial charge in [0.1, 0.15) is 18.2 Å². The van der Waals surface area contributed by atoms with Crippen molar-refractivity contribution in [1.29, 1.82) is 0 Å². The second-order valence-electron chi connectivity index (χ2n) is 7.72. The van der Waals surface area contributed by atoms with E-state index in [4.69, 9.17) is 9.47 Å². The number of amides is 1. The largest absolute Gasteiger partial charge is 0.493 e. The molecule has 4 rings (SSSR count). The van der Waals surface area contributed by atoms with Crippen LogP contribution in [0.15, 0.2) is 43.0 Å². The summed E-state index contributed by atoms with van der Waals surface area (Å²) in [4.78, 5) is 28.3. The van der Waals surface area contributed by atoms with Gasteiger partial charge in [-0.2, -0.15) is 4.98 Å². The summed E-state index contributed by atoms with van der Waals surface area (Å²) >= 11 is 0. The van der Waals surface area contributed by atoms with Crippen molar-refractivity contribution in [2.75, 3.05) is 32.2 Å². The minimum absolute atomic E-state index is 0.0171. The zero-order chi connectivity index (χ0) is 22.5. The maximum Gasteiger partial charge on any atom is 0.242 e. The van der Waals surface area contributed by atoms with Crippen molar-refractivity contribution >= 4 is 11.7 Å². The Morgan fingerprint density at radius 2 is 2.03 bits per heavy atom. The van der Waals surface area contributed by atoms with Gasteiger partial charge >= 0.3 is 0 Å². The Morgan fingerprint density at radius 1 is 1.19 bits per heavy atom. The van der Waals surface area contributed by atoms with Gasteiger partial charge in [0.25, 0.3) is 0 Å². The molecule has 168 valence electrons. The van der Waals surface area contributed by atoms with Crippen molar-refractivity contribution in [3.8, 4) is 17.4 Å². The maximum atomic E-state index is 13.0. The second kappa shape index (κ2) is 9.67. The lowest BCUT2D eigenvalue weighted by atomic mass is 10.1. The van der Waals surface area contributed by atoms with Crippen molar-refractivity contribution in [3.05, 3.63) is 54.2 Å². The Bertz CT molecular complexity index is 1070. The van der Waals surface area contributed by atoms with Crippen molar-refractivity contribution in [2.45, 2.75) is 32.2 Å². The van der Waals surface area contributed by atoms with Crippen LogP contribution in [0.5, 0.6) is 11.5 Å². The van der Waals surface area contributed by atoms with Gasteiger partial charge in [-0.05, 0) is 43.9 Å². The van der Waals surface area contributed by atoms with Crippen LogP contribution in [-0.4, -0.2) is 58.8 Å². The summed E-state index contributed by atoms with van der Waals surface area (Å²) in [5.41, 5.74) is 1.92. The van der Waals surface area contributed by atoms with Gasteiger partial charge in [-0.15, -0.1) is 0 Å². The van der Waals surface area contributed by atoms with E-state index < -0.39 is 0 Å². The number of hydrogen-bond donors (Lipinski definition) is 1. The average molecular weight is 437 g/mol.